The van der Waals surface area contributed by atoms with Gasteiger partial charge in [0.2, 0.25) is 5.92 Å². The van der Waals surface area contributed by atoms with Crippen LogP contribution >= 0.6 is 0 Å². The van der Waals surface area contributed by atoms with Crippen molar-refractivity contribution in [3.8, 4) is 5.75 Å². The monoisotopic (exact) mass is 555 g/mol. The van der Waals surface area contributed by atoms with Gasteiger partial charge in [-0.05, 0) is 71.6 Å². The Balaban J connectivity index is 1.88. The number of likely N-dealkylation sites (tertiary alicyclic amines) is 1. The molecule has 2 fully saturated rings. The number of amides is 1. The maximum absolute atomic E-state index is 13.3. The number of alkyl halides is 2. The minimum Gasteiger partial charge on any atom is -0.497 e. The summed E-state index contributed by atoms with van der Waals surface area (Å²) in [6.45, 7) is 10.1. The molecular weight excluding hydrogens is 516 g/mol. The molecule has 0 spiro atoms. The van der Waals surface area contributed by atoms with E-state index in [1.807, 2.05) is 12.1 Å². The van der Waals surface area contributed by atoms with Gasteiger partial charge in [-0.25, -0.2) is 18.4 Å². The third kappa shape index (κ3) is 8.96. The van der Waals surface area contributed by atoms with Gasteiger partial charge in [-0.3, -0.25) is 9.69 Å². The third-order valence-corrected chi connectivity index (χ3v) is 6.29. The van der Waals surface area contributed by atoms with E-state index in [0.29, 0.717) is 5.75 Å². The van der Waals surface area contributed by atoms with E-state index in [0.717, 1.165) is 5.56 Å². The van der Waals surface area contributed by atoms with Crippen molar-refractivity contribution in [2.24, 2.45) is 5.92 Å². The number of carbonyl (C=O) groups excluding carboxylic acids is 3. The van der Waals surface area contributed by atoms with E-state index in [4.69, 9.17) is 23.7 Å². The molecular formula is C28H39F2NO8. The summed E-state index contributed by atoms with van der Waals surface area (Å²) < 4.78 is 54.1. The van der Waals surface area contributed by atoms with Gasteiger partial charge >= 0.3 is 18.2 Å². The molecule has 0 unspecified atom stereocenters. The molecule has 1 aliphatic heterocycles. The van der Waals surface area contributed by atoms with Gasteiger partial charge in [0.05, 0.1) is 19.7 Å². The second-order valence-corrected chi connectivity index (χ2v) is 12.2. The van der Waals surface area contributed by atoms with Gasteiger partial charge < -0.3 is 23.7 Å². The van der Waals surface area contributed by atoms with E-state index < -0.39 is 59.5 Å². The summed E-state index contributed by atoms with van der Waals surface area (Å²) in [4.78, 5) is 40.1. The lowest BCUT2D eigenvalue weighted by Crippen LogP contribution is -2.45. The third-order valence-electron chi connectivity index (χ3n) is 6.29. The van der Waals surface area contributed by atoms with Crippen molar-refractivity contribution in [3.05, 3.63) is 29.8 Å². The molecule has 0 N–H and O–H groups in total. The number of ether oxygens (including phenoxy) is 5. The molecule has 1 aromatic carbocycles. The van der Waals surface area contributed by atoms with Crippen molar-refractivity contribution >= 4 is 18.2 Å². The highest BCUT2D eigenvalue weighted by atomic mass is 19.3. The number of carbonyl (C=O) groups is 3. The zero-order valence-corrected chi connectivity index (χ0v) is 23.6. The number of nitrogens with zero attached hydrogens (tertiary/aromatic N) is 1. The van der Waals surface area contributed by atoms with Gasteiger partial charge in [0.1, 0.15) is 17.0 Å². The van der Waals surface area contributed by atoms with E-state index >= 15 is 0 Å². The van der Waals surface area contributed by atoms with Crippen LogP contribution in [0, 0.1) is 5.92 Å². The number of hydrogen-bond acceptors (Lipinski definition) is 8. The molecule has 1 saturated heterocycles. The van der Waals surface area contributed by atoms with Crippen molar-refractivity contribution in [1.82, 2.24) is 4.90 Å². The van der Waals surface area contributed by atoms with Crippen molar-refractivity contribution in [2.75, 3.05) is 13.7 Å². The lowest BCUT2D eigenvalue weighted by molar-refractivity contribution is -0.163. The number of esters is 1. The molecule has 3 atom stereocenters. The van der Waals surface area contributed by atoms with Crippen LogP contribution in [0.3, 0.4) is 0 Å². The predicted molar refractivity (Wildman–Crippen MR) is 137 cm³/mol. The molecule has 1 amide bonds. The summed E-state index contributed by atoms with van der Waals surface area (Å²) in [5.74, 6) is -3.34. The van der Waals surface area contributed by atoms with Gasteiger partial charge in [-0.15, -0.1) is 0 Å². The minimum atomic E-state index is -2.77. The standard InChI is InChI=1S/C28H39F2NO8/c1-26(2,3)38-24(33)31-16-21(36-25(34)39-27(4,5)6)23(37-22(32)13-18-14-28(29,30)15-18)20(31)12-17-8-10-19(35-7)11-9-17/h8-11,18,20-21,23H,12-16H2,1-7H3/t20-,21+,23+/m1/s1. The fraction of sp³-hybridized carbons (Fsp3) is 0.679. The summed E-state index contributed by atoms with van der Waals surface area (Å²) in [5, 5.41) is 0. The van der Waals surface area contributed by atoms with E-state index in [1.165, 1.54) is 4.90 Å². The Morgan fingerprint density at radius 1 is 0.949 bits per heavy atom. The maximum Gasteiger partial charge on any atom is 0.509 e. The van der Waals surface area contributed by atoms with Crippen molar-refractivity contribution in [2.45, 2.75) is 103 Å². The first kappa shape index (κ1) is 30.4. The molecule has 11 heteroatoms. The van der Waals surface area contributed by atoms with Crippen LogP contribution in [0.1, 0.15) is 66.4 Å². The smallest absolute Gasteiger partial charge is 0.497 e. The minimum absolute atomic E-state index is 0.117. The van der Waals surface area contributed by atoms with Gasteiger partial charge in [0.25, 0.3) is 0 Å². The Morgan fingerprint density at radius 2 is 1.54 bits per heavy atom. The number of hydrogen-bond donors (Lipinski definition) is 0. The fourth-order valence-corrected chi connectivity index (χ4v) is 4.64. The van der Waals surface area contributed by atoms with Crippen LogP contribution in [0.2, 0.25) is 0 Å². The van der Waals surface area contributed by atoms with Crippen LogP contribution in [0.5, 0.6) is 5.75 Å². The van der Waals surface area contributed by atoms with Crippen LogP contribution in [0.4, 0.5) is 18.4 Å². The number of methoxy groups -OCH3 is 1. The molecule has 218 valence electrons. The summed E-state index contributed by atoms with van der Waals surface area (Å²) in [6.07, 6.45) is -4.54. The molecule has 9 nitrogen and oxygen atoms in total. The summed E-state index contributed by atoms with van der Waals surface area (Å²) in [6, 6.07) is 6.36. The van der Waals surface area contributed by atoms with Crippen LogP contribution in [0.15, 0.2) is 24.3 Å². The lowest BCUT2D eigenvalue weighted by atomic mass is 9.79. The first-order chi connectivity index (χ1) is 17.9. The molecule has 0 radical (unpaired) electrons. The van der Waals surface area contributed by atoms with Crippen LogP contribution in [-0.4, -0.2) is 72.1 Å². The fourth-order valence-electron chi connectivity index (χ4n) is 4.64. The van der Waals surface area contributed by atoms with Crippen LogP contribution < -0.4 is 4.74 Å². The largest absolute Gasteiger partial charge is 0.509 e. The second kappa shape index (κ2) is 11.6. The van der Waals surface area contributed by atoms with E-state index in [-0.39, 0.29) is 32.2 Å². The first-order valence-electron chi connectivity index (χ1n) is 13.0. The van der Waals surface area contributed by atoms with Gasteiger partial charge in [-0.2, -0.15) is 0 Å². The van der Waals surface area contributed by atoms with E-state index in [9.17, 15) is 23.2 Å². The molecule has 1 aromatic rings. The molecule has 1 aliphatic carbocycles. The summed E-state index contributed by atoms with van der Waals surface area (Å²) in [7, 11) is 1.54. The Labute approximate surface area is 228 Å². The van der Waals surface area contributed by atoms with Gasteiger partial charge in [-0.1, -0.05) is 12.1 Å². The van der Waals surface area contributed by atoms with Crippen LogP contribution in [0.25, 0.3) is 0 Å². The van der Waals surface area contributed by atoms with Gasteiger partial charge in [0.15, 0.2) is 12.2 Å². The van der Waals surface area contributed by atoms with Crippen molar-refractivity contribution < 1.29 is 46.8 Å². The normalized spacial score (nSPS) is 23.0. The highest BCUT2D eigenvalue weighted by Crippen LogP contribution is 2.44. The molecule has 2 aliphatic rings. The lowest BCUT2D eigenvalue weighted by Gasteiger charge is -2.35. The number of rotatable bonds is 7. The highest BCUT2D eigenvalue weighted by Gasteiger charge is 2.51. The molecule has 1 saturated carbocycles. The number of halogens is 2. The molecule has 39 heavy (non-hydrogen) atoms. The Bertz CT molecular complexity index is 1020. The number of benzene rings is 1. The second-order valence-electron chi connectivity index (χ2n) is 12.2. The first-order valence-corrected chi connectivity index (χ1v) is 13.0. The Hall–Kier alpha value is -3.11. The van der Waals surface area contributed by atoms with Crippen molar-refractivity contribution in [1.29, 1.82) is 0 Å². The zero-order valence-electron chi connectivity index (χ0n) is 23.6. The molecule has 3 rings (SSSR count). The summed E-state index contributed by atoms with van der Waals surface area (Å²) >= 11 is 0. The van der Waals surface area contributed by atoms with Crippen LogP contribution in [-0.2, 0) is 30.2 Å². The average Bonchev–Trinajstić information content (AvgIpc) is 3.07. The Morgan fingerprint density at radius 3 is 2.05 bits per heavy atom. The SMILES string of the molecule is COc1ccc(C[C@@H]2[C@H](OC(=O)CC3CC(F)(F)C3)[C@@H](OC(=O)OC(C)(C)C)CN2C(=O)OC(C)(C)C)cc1. The Kier molecular flexibility index (Phi) is 9.02. The molecule has 0 bridgehead atoms. The van der Waals surface area contributed by atoms with Gasteiger partial charge in [0, 0.05) is 19.3 Å². The summed E-state index contributed by atoms with van der Waals surface area (Å²) in [5.41, 5.74) is -0.857. The van der Waals surface area contributed by atoms with E-state index in [1.54, 1.807) is 60.8 Å². The highest BCUT2D eigenvalue weighted by molar-refractivity contribution is 5.72. The molecule has 1 heterocycles. The average molecular weight is 556 g/mol. The zero-order chi connectivity index (χ0) is 29.2. The topological polar surface area (TPSA) is 101 Å². The molecule has 0 aromatic heterocycles. The predicted octanol–water partition coefficient (Wildman–Crippen LogP) is 5.52. The van der Waals surface area contributed by atoms with E-state index in [2.05, 4.69) is 0 Å². The maximum atomic E-state index is 13.3. The quantitative estimate of drug-likeness (QED) is 0.320. The van der Waals surface area contributed by atoms with Crippen molar-refractivity contribution in [3.63, 3.8) is 0 Å².